The highest BCUT2D eigenvalue weighted by Crippen LogP contribution is 2.27. The number of benzene rings is 1. The molecule has 1 aliphatic heterocycles. The average molecular weight is 305 g/mol. The number of aryl methyl sites for hydroxylation is 1. The molecule has 1 heterocycles. The first-order valence-electron chi connectivity index (χ1n) is 5.91. The molecule has 0 radical (unpaired) electrons. The topological polar surface area (TPSA) is 74.7 Å². The minimum atomic E-state index is -4.23. The van der Waals surface area contributed by atoms with E-state index in [1.54, 1.807) is 0 Å². The van der Waals surface area contributed by atoms with Crippen molar-refractivity contribution in [2.24, 2.45) is 0 Å². The number of carboxylic acid groups (broad SMARTS) is 1. The van der Waals surface area contributed by atoms with E-state index in [9.17, 15) is 22.0 Å². The maximum atomic E-state index is 14.1. The molecule has 0 aromatic heterocycles. The molecule has 0 saturated carbocycles. The first-order chi connectivity index (χ1) is 9.23. The number of aromatic carboxylic acids is 1. The van der Waals surface area contributed by atoms with Crippen LogP contribution in [0.1, 0.15) is 22.3 Å². The molecule has 5 nitrogen and oxygen atoms in total. The minimum Gasteiger partial charge on any atom is -0.478 e. The Bertz CT molecular complexity index is 660. The van der Waals surface area contributed by atoms with E-state index in [1.165, 1.54) is 6.92 Å². The zero-order valence-corrected chi connectivity index (χ0v) is 11.5. The highest BCUT2D eigenvalue weighted by atomic mass is 32.2. The Morgan fingerprint density at radius 3 is 2.60 bits per heavy atom. The highest BCUT2D eigenvalue weighted by Gasteiger charge is 2.35. The van der Waals surface area contributed by atoms with Crippen LogP contribution in [0.2, 0.25) is 0 Å². The normalized spacial score (nSPS) is 20.2. The summed E-state index contributed by atoms with van der Waals surface area (Å²) in [5.74, 6) is -2.86. The van der Waals surface area contributed by atoms with Crippen LogP contribution in [0.3, 0.4) is 0 Å². The Kier molecular flexibility index (Phi) is 3.79. The van der Waals surface area contributed by atoms with Crippen LogP contribution in [0.25, 0.3) is 0 Å². The smallest absolute Gasteiger partial charge is 0.338 e. The van der Waals surface area contributed by atoms with Crippen LogP contribution in [-0.2, 0) is 10.0 Å². The lowest BCUT2D eigenvalue weighted by atomic mass is 10.1. The molecule has 1 atom stereocenters. The van der Waals surface area contributed by atoms with Gasteiger partial charge >= 0.3 is 5.97 Å². The molecule has 0 unspecified atom stereocenters. The molecule has 0 spiro atoms. The maximum Gasteiger partial charge on any atom is 0.338 e. The molecule has 0 bridgehead atoms. The van der Waals surface area contributed by atoms with E-state index in [0.717, 1.165) is 16.4 Å². The summed E-state index contributed by atoms with van der Waals surface area (Å²) < 4.78 is 52.5. The summed E-state index contributed by atoms with van der Waals surface area (Å²) in [5.41, 5.74) is -0.405. The van der Waals surface area contributed by atoms with Crippen LogP contribution < -0.4 is 0 Å². The van der Waals surface area contributed by atoms with Gasteiger partial charge in [-0.1, -0.05) is 0 Å². The van der Waals surface area contributed by atoms with E-state index in [-0.39, 0.29) is 19.5 Å². The third-order valence-electron chi connectivity index (χ3n) is 3.13. The number of rotatable bonds is 3. The molecule has 20 heavy (non-hydrogen) atoms. The molecule has 1 N–H and O–H groups in total. The molecule has 0 aliphatic carbocycles. The Balaban J connectivity index is 2.55. The lowest BCUT2D eigenvalue weighted by Gasteiger charge is -2.17. The predicted octanol–water partition coefficient (Wildman–Crippen LogP) is 1.56. The maximum absolute atomic E-state index is 14.1. The third-order valence-corrected chi connectivity index (χ3v) is 4.99. The largest absolute Gasteiger partial charge is 0.478 e. The van der Waals surface area contributed by atoms with Gasteiger partial charge in [0.1, 0.15) is 11.1 Å². The van der Waals surface area contributed by atoms with Crippen LogP contribution in [0.15, 0.2) is 17.0 Å². The fraction of sp³-hybridized carbons (Fsp3) is 0.417. The fourth-order valence-electron chi connectivity index (χ4n) is 2.12. The fourth-order valence-corrected chi connectivity index (χ4v) is 3.78. The molecule has 1 aromatic rings. The van der Waals surface area contributed by atoms with Crippen LogP contribution in [0.5, 0.6) is 0 Å². The summed E-state index contributed by atoms with van der Waals surface area (Å²) in [6, 6.07) is 2.11. The monoisotopic (exact) mass is 305 g/mol. The number of alkyl halides is 1. The van der Waals surface area contributed by atoms with Crippen molar-refractivity contribution in [2.45, 2.75) is 24.4 Å². The van der Waals surface area contributed by atoms with Crippen molar-refractivity contribution in [1.82, 2.24) is 4.31 Å². The minimum absolute atomic E-state index is 0.0424. The molecule has 8 heteroatoms. The molecule has 0 amide bonds. The summed E-state index contributed by atoms with van der Waals surface area (Å²) in [4.78, 5) is 10.2. The predicted molar refractivity (Wildman–Crippen MR) is 66.4 cm³/mol. The first kappa shape index (κ1) is 14.9. The van der Waals surface area contributed by atoms with Crippen LogP contribution >= 0.6 is 0 Å². The van der Waals surface area contributed by atoms with Crippen molar-refractivity contribution in [1.29, 1.82) is 0 Å². The molecular weight excluding hydrogens is 292 g/mol. The second-order valence-electron chi connectivity index (χ2n) is 4.68. The Hall–Kier alpha value is -1.54. The van der Waals surface area contributed by atoms with Crippen molar-refractivity contribution >= 4 is 16.0 Å². The number of sulfonamides is 1. The van der Waals surface area contributed by atoms with Crippen LogP contribution in [0.4, 0.5) is 8.78 Å². The van der Waals surface area contributed by atoms with Crippen LogP contribution in [0, 0.1) is 12.7 Å². The first-order valence-corrected chi connectivity index (χ1v) is 7.35. The number of halogens is 2. The van der Waals surface area contributed by atoms with Gasteiger partial charge in [-0.2, -0.15) is 4.31 Å². The molecule has 1 saturated heterocycles. The van der Waals surface area contributed by atoms with E-state index in [2.05, 4.69) is 0 Å². The van der Waals surface area contributed by atoms with Crippen molar-refractivity contribution in [3.63, 3.8) is 0 Å². The van der Waals surface area contributed by atoms with Gasteiger partial charge in [0.2, 0.25) is 10.0 Å². The summed E-state index contributed by atoms with van der Waals surface area (Å²) in [5, 5.41) is 8.88. The third kappa shape index (κ3) is 2.53. The number of carbonyl (C=O) groups is 1. The van der Waals surface area contributed by atoms with E-state index in [0.29, 0.717) is 5.56 Å². The zero-order chi connectivity index (χ0) is 15.1. The van der Waals surface area contributed by atoms with Crippen molar-refractivity contribution in [3.05, 3.63) is 29.1 Å². The molecule has 1 aliphatic rings. The van der Waals surface area contributed by atoms with Gasteiger partial charge in [0, 0.05) is 13.1 Å². The molecular formula is C12H13F2NO4S. The van der Waals surface area contributed by atoms with Gasteiger partial charge in [-0.3, -0.25) is 0 Å². The highest BCUT2D eigenvalue weighted by molar-refractivity contribution is 7.89. The Morgan fingerprint density at radius 1 is 1.45 bits per heavy atom. The second kappa shape index (κ2) is 5.10. The number of hydrogen-bond acceptors (Lipinski definition) is 3. The summed E-state index contributed by atoms with van der Waals surface area (Å²) in [7, 11) is -4.23. The summed E-state index contributed by atoms with van der Waals surface area (Å²) in [6.45, 7) is 1.09. The second-order valence-corrected chi connectivity index (χ2v) is 6.59. The van der Waals surface area contributed by atoms with Crippen molar-refractivity contribution in [2.75, 3.05) is 13.1 Å². The Labute approximate surface area is 114 Å². The van der Waals surface area contributed by atoms with Crippen molar-refractivity contribution < 1.29 is 27.1 Å². The SMILES string of the molecule is Cc1cc(C(=O)O)c(F)c(S(=O)(=O)N2CC[C@@H](F)C2)c1. The number of carboxylic acids is 1. The molecule has 110 valence electrons. The lowest BCUT2D eigenvalue weighted by Crippen LogP contribution is -2.30. The molecule has 1 fully saturated rings. The lowest BCUT2D eigenvalue weighted by molar-refractivity contribution is 0.0691. The zero-order valence-electron chi connectivity index (χ0n) is 10.6. The van der Waals surface area contributed by atoms with Gasteiger partial charge in [-0.25, -0.2) is 22.0 Å². The quantitative estimate of drug-likeness (QED) is 0.919. The molecule has 2 rings (SSSR count). The number of hydrogen-bond donors (Lipinski definition) is 1. The molecule has 1 aromatic carbocycles. The van der Waals surface area contributed by atoms with Gasteiger partial charge in [-0.05, 0) is 31.0 Å². The van der Waals surface area contributed by atoms with E-state index < -0.39 is 38.4 Å². The van der Waals surface area contributed by atoms with E-state index in [1.807, 2.05) is 0 Å². The van der Waals surface area contributed by atoms with Crippen molar-refractivity contribution in [3.8, 4) is 0 Å². The summed E-state index contributed by atoms with van der Waals surface area (Å²) in [6.07, 6.45) is -1.23. The van der Waals surface area contributed by atoms with Gasteiger partial charge in [0.15, 0.2) is 5.82 Å². The standard InChI is InChI=1S/C12H13F2NO4S/c1-7-4-9(12(16)17)11(14)10(5-7)20(18,19)15-3-2-8(13)6-15/h4-5,8H,2-3,6H2,1H3,(H,16,17)/t8-/m1/s1. The average Bonchev–Trinajstić information content (AvgIpc) is 2.78. The van der Waals surface area contributed by atoms with E-state index >= 15 is 0 Å². The number of nitrogens with zero attached hydrogens (tertiary/aromatic N) is 1. The Morgan fingerprint density at radius 2 is 2.10 bits per heavy atom. The van der Waals surface area contributed by atoms with Gasteiger partial charge < -0.3 is 5.11 Å². The van der Waals surface area contributed by atoms with Gasteiger partial charge in [0.05, 0.1) is 5.56 Å². The van der Waals surface area contributed by atoms with Gasteiger partial charge in [-0.15, -0.1) is 0 Å². The summed E-state index contributed by atoms with van der Waals surface area (Å²) >= 11 is 0. The van der Waals surface area contributed by atoms with Crippen LogP contribution in [-0.4, -0.2) is 43.1 Å². The van der Waals surface area contributed by atoms with Gasteiger partial charge in [0.25, 0.3) is 0 Å². The van der Waals surface area contributed by atoms with E-state index in [4.69, 9.17) is 5.11 Å².